The van der Waals surface area contributed by atoms with Crippen molar-refractivity contribution in [3.8, 4) is 0 Å². The lowest BCUT2D eigenvalue weighted by Gasteiger charge is -1.90. The van der Waals surface area contributed by atoms with Crippen molar-refractivity contribution in [3.63, 3.8) is 0 Å². The largest absolute Gasteiger partial charge is 0.469 e. The highest BCUT2D eigenvalue weighted by Gasteiger charge is 2.01. The van der Waals surface area contributed by atoms with Crippen molar-refractivity contribution in [2.75, 3.05) is 7.11 Å². The van der Waals surface area contributed by atoms with Gasteiger partial charge < -0.3 is 10.5 Å². The number of aromatic nitrogens is 1. The van der Waals surface area contributed by atoms with E-state index in [2.05, 4.69) is 9.72 Å². The van der Waals surface area contributed by atoms with Crippen molar-refractivity contribution < 1.29 is 19.1 Å². The molecular formula is C11H14N2O4. The molecule has 2 N–H and O–H groups in total. The number of carbonyl (C=O) groups is 3. The zero-order valence-corrected chi connectivity index (χ0v) is 9.67. The summed E-state index contributed by atoms with van der Waals surface area (Å²) in [5.74, 6) is -1.09. The fraction of sp³-hybridized carbons (Fsp3) is 0.273. The van der Waals surface area contributed by atoms with Crippen molar-refractivity contribution in [2.45, 2.75) is 13.3 Å². The topological polar surface area (TPSA) is 99.4 Å². The molecule has 1 amide bonds. The molecule has 0 bridgehead atoms. The van der Waals surface area contributed by atoms with Crippen molar-refractivity contribution >= 4 is 17.7 Å². The van der Waals surface area contributed by atoms with Gasteiger partial charge in [0.1, 0.15) is 12.2 Å². The van der Waals surface area contributed by atoms with Crippen LogP contribution in [-0.2, 0) is 14.3 Å². The monoisotopic (exact) mass is 238 g/mol. The number of hydrogen-bond acceptors (Lipinski definition) is 5. The number of ketones is 1. The van der Waals surface area contributed by atoms with Crippen LogP contribution in [0.4, 0.5) is 0 Å². The summed E-state index contributed by atoms with van der Waals surface area (Å²) in [5.41, 5.74) is 5.38. The van der Waals surface area contributed by atoms with E-state index in [1.165, 1.54) is 20.2 Å². The third-order valence-electron chi connectivity index (χ3n) is 1.57. The van der Waals surface area contributed by atoms with Gasteiger partial charge >= 0.3 is 5.97 Å². The van der Waals surface area contributed by atoms with E-state index in [-0.39, 0.29) is 12.2 Å². The molecule has 0 aliphatic rings. The van der Waals surface area contributed by atoms with Gasteiger partial charge in [-0.05, 0) is 19.1 Å². The Balaban J connectivity index is 0.000000304. The second-order valence-electron chi connectivity index (χ2n) is 3.06. The molecule has 1 aromatic rings. The highest BCUT2D eigenvalue weighted by atomic mass is 16.5. The third-order valence-corrected chi connectivity index (χ3v) is 1.57. The minimum Gasteiger partial charge on any atom is -0.469 e. The number of pyridine rings is 1. The molecule has 1 heterocycles. The summed E-state index contributed by atoms with van der Waals surface area (Å²) in [4.78, 5) is 34.4. The summed E-state index contributed by atoms with van der Waals surface area (Å²) in [6.07, 6.45) is 2.91. The zero-order chi connectivity index (χ0) is 13.3. The number of hydrogen-bond donors (Lipinski definition) is 1. The van der Waals surface area contributed by atoms with E-state index in [0.29, 0.717) is 5.56 Å². The molecule has 0 radical (unpaired) electrons. The summed E-state index contributed by atoms with van der Waals surface area (Å²) in [5, 5.41) is 0. The van der Waals surface area contributed by atoms with E-state index in [1.807, 2.05) is 0 Å². The molecule has 0 fully saturated rings. The van der Waals surface area contributed by atoms with E-state index in [9.17, 15) is 14.4 Å². The lowest BCUT2D eigenvalue weighted by molar-refractivity contribution is -0.142. The van der Waals surface area contributed by atoms with Gasteiger partial charge in [0.05, 0.1) is 12.7 Å². The number of amides is 1. The minimum atomic E-state index is -0.475. The molecule has 0 saturated heterocycles. The van der Waals surface area contributed by atoms with E-state index in [0.717, 1.165) is 0 Å². The van der Waals surface area contributed by atoms with E-state index >= 15 is 0 Å². The van der Waals surface area contributed by atoms with E-state index < -0.39 is 11.9 Å². The number of primary amides is 1. The Morgan fingerprint density at radius 2 is 2.06 bits per heavy atom. The number of carbonyl (C=O) groups excluding carboxylic acids is 3. The lowest BCUT2D eigenvalue weighted by atomic mass is 10.3. The summed E-state index contributed by atoms with van der Waals surface area (Å²) < 4.78 is 4.20. The van der Waals surface area contributed by atoms with Gasteiger partial charge in [-0.1, -0.05) is 0 Å². The standard InChI is InChI=1S/C6H6N2O.C5H8O3/c7-6(9)5-2-1-3-8-4-5;1-4(6)3-5(7)8-2/h1-4H,(H2,7,9);3H2,1-2H3. The molecule has 0 aromatic carbocycles. The van der Waals surface area contributed by atoms with Crippen LogP contribution < -0.4 is 5.73 Å². The Morgan fingerprint density at radius 3 is 2.29 bits per heavy atom. The molecule has 1 aromatic heterocycles. The summed E-state index contributed by atoms with van der Waals surface area (Å²) in [6, 6.07) is 3.29. The molecule has 0 aliphatic carbocycles. The van der Waals surface area contributed by atoms with Crippen LogP contribution in [0.1, 0.15) is 23.7 Å². The van der Waals surface area contributed by atoms with Gasteiger partial charge in [-0.2, -0.15) is 0 Å². The minimum absolute atomic E-state index is 0.115. The Kier molecular flexibility index (Phi) is 6.92. The van der Waals surface area contributed by atoms with Gasteiger partial charge in [0, 0.05) is 12.4 Å². The maximum absolute atomic E-state index is 10.4. The van der Waals surface area contributed by atoms with Crippen molar-refractivity contribution in [3.05, 3.63) is 30.1 Å². The van der Waals surface area contributed by atoms with Crippen LogP contribution in [0, 0.1) is 0 Å². The SMILES string of the molecule is COC(=O)CC(C)=O.NC(=O)c1cccnc1. The first-order chi connectivity index (χ1) is 7.97. The van der Waals surface area contributed by atoms with Gasteiger partial charge in [-0.25, -0.2) is 0 Å². The average Bonchev–Trinajstić information content (AvgIpc) is 2.30. The smallest absolute Gasteiger partial charge is 0.313 e. The normalized spacial score (nSPS) is 8.59. The molecule has 92 valence electrons. The number of nitrogens with zero attached hydrogens (tertiary/aromatic N) is 1. The zero-order valence-electron chi connectivity index (χ0n) is 9.67. The Labute approximate surface area is 98.8 Å². The maximum Gasteiger partial charge on any atom is 0.313 e. The van der Waals surface area contributed by atoms with Crippen LogP contribution in [0.15, 0.2) is 24.5 Å². The molecule has 17 heavy (non-hydrogen) atoms. The molecule has 0 unspecified atom stereocenters. The van der Waals surface area contributed by atoms with E-state index in [4.69, 9.17) is 5.73 Å². The van der Waals surface area contributed by atoms with E-state index in [1.54, 1.807) is 18.3 Å². The summed E-state index contributed by atoms with van der Waals surface area (Å²) in [6.45, 7) is 1.34. The van der Waals surface area contributed by atoms with Crippen molar-refractivity contribution in [2.24, 2.45) is 5.73 Å². The molecule has 0 saturated carbocycles. The number of esters is 1. The van der Waals surface area contributed by atoms with Crippen LogP contribution in [0.2, 0.25) is 0 Å². The molecule has 6 heteroatoms. The predicted molar refractivity (Wildman–Crippen MR) is 60.1 cm³/mol. The first-order valence-electron chi connectivity index (χ1n) is 4.73. The maximum atomic E-state index is 10.4. The Bertz CT molecular complexity index is 390. The third kappa shape index (κ3) is 7.66. The molecule has 1 rings (SSSR count). The van der Waals surface area contributed by atoms with Gasteiger partial charge in [-0.15, -0.1) is 0 Å². The average molecular weight is 238 g/mol. The molecule has 0 spiro atoms. The first kappa shape index (κ1) is 14.8. The highest BCUT2D eigenvalue weighted by Crippen LogP contribution is 1.91. The van der Waals surface area contributed by atoms with Gasteiger partial charge in [0.25, 0.3) is 0 Å². The highest BCUT2D eigenvalue weighted by molar-refractivity contribution is 5.94. The molecule has 0 aliphatic heterocycles. The van der Waals surface area contributed by atoms with Gasteiger partial charge in [0.2, 0.25) is 5.91 Å². The quantitative estimate of drug-likeness (QED) is 0.603. The molecule has 0 atom stereocenters. The van der Waals surface area contributed by atoms with Crippen LogP contribution in [0.25, 0.3) is 0 Å². The van der Waals surface area contributed by atoms with Crippen LogP contribution in [0.5, 0.6) is 0 Å². The first-order valence-corrected chi connectivity index (χ1v) is 4.73. The van der Waals surface area contributed by atoms with Crippen LogP contribution >= 0.6 is 0 Å². The fourth-order valence-corrected chi connectivity index (χ4v) is 0.784. The Morgan fingerprint density at radius 1 is 1.41 bits per heavy atom. The second kappa shape index (κ2) is 7.98. The second-order valence-corrected chi connectivity index (χ2v) is 3.06. The van der Waals surface area contributed by atoms with Crippen molar-refractivity contribution in [1.29, 1.82) is 0 Å². The van der Waals surface area contributed by atoms with Gasteiger partial charge in [0.15, 0.2) is 0 Å². The molecule has 6 nitrogen and oxygen atoms in total. The fourth-order valence-electron chi connectivity index (χ4n) is 0.784. The number of Topliss-reactive ketones (excluding diaryl/α,β-unsaturated/α-hetero) is 1. The number of ether oxygens (including phenoxy) is 1. The predicted octanol–water partition coefficient (Wildman–Crippen LogP) is 0.319. The van der Waals surface area contributed by atoms with Crippen molar-refractivity contribution in [1.82, 2.24) is 4.98 Å². The summed E-state index contributed by atoms with van der Waals surface area (Å²) >= 11 is 0. The lowest BCUT2D eigenvalue weighted by Crippen LogP contribution is -2.10. The number of rotatable bonds is 3. The van der Waals surface area contributed by atoms with Crippen LogP contribution in [-0.4, -0.2) is 29.8 Å². The van der Waals surface area contributed by atoms with Gasteiger partial charge in [-0.3, -0.25) is 19.4 Å². The summed E-state index contributed by atoms with van der Waals surface area (Å²) in [7, 11) is 1.26. The Hall–Kier alpha value is -2.24. The molecular weight excluding hydrogens is 224 g/mol. The number of methoxy groups -OCH3 is 1. The number of nitrogens with two attached hydrogens (primary N) is 1. The van der Waals surface area contributed by atoms with Crippen LogP contribution in [0.3, 0.4) is 0 Å².